The number of thiazole rings is 1. The molecular formula is C32H31N3O4S. The van der Waals surface area contributed by atoms with Gasteiger partial charge in [-0.05, 0) is 73.7 Å². The summed E-state index contributed by atoms with van der Waals surface area (Å²) in [4.78, 5) is 40.4. The third-order valence-corrected chi connectivity index (χ3v) is 9.13. The van der Waals surface area contributed by atoms with Gasteiger partial charge in [-0.1, -0.05) is 66.0 Å². The summed E-state index contributed by atoms with van der Waals surface area (Å²) >= 11 is 1.15. The lowest BCUT2D eigenvalue weighted by atomic mass is 9.82. The zero-order chi connectivity index (χ0) is 27.6. The van der Waals surface area contributed by atoms with Crippen LogP contribution in [0.2, 0.25) is 0 Å². The number of anilines is 1. The fourth-order valence-corrected chi connectivity index (χ4v) is 7.12. The van der Waals surface area contributed by atoms with Crippen molar-refractivity contribution in [2.24, 2.45) is 5.92 Å². The first kappa shape index (κ1) is 26.2. The van der Waals surface area contributed by atoms with Gasteiger partial charge in [0.25, 0.3) is 0 Å². The summed E-state index contributed by atoms with van der Waals surface area (Å²) in [6.07, 6.45) is 6.59. The van der Waals surface area contributed by atoms with Crippen LogP contribution in [0.1, 0.15) is 35.2 Å². The Labute approximate surface area is 236 Å². The first-order chi connectivity index (χ1) is 19.5. The van der Waals surface area contributed by atoms with E-state index >= 15 is 0 Å². The summed E-state index contributed by atoms with van der Waals surface area (Å²) in [6, 6.07) is 21.2. The molecule has 4 aromatic rings. The van der Waals surface area contributed by atoms with Crippen molar-refractivity contribution < 1.29 is 14.7 Å². The maximum atomic E-state index is 12.8. The van der Waals surface area contributed by atoms with E-state index in [1.165, 1.54) is 0 Å². The number of amides is 1. The molecule has 3 aliphatic rings. The molecule has 0 aliphatic carbocycles. The number of aromatic nitrogens is 1. The van der Waals surface area contributed by atoms with E-state index in [2.05, 4.69) is 4.90 Å². The van der Waals surface area contributed by atoms with Crippen LogP contribution in [0.3, 0.4) is 0 Å². The van der Waals surface area contributed by atoms with Crippen LogP contribution in [0.15, 0.2) is 77.6 Å². The van der Waals surface area contributed by atoms with Crippen molar-refractivity contribution in [2.75, 3.05) is 24.5 Å². The summed E-state index contributed by atoms with van der Waals surface area (Å²) in [5.41, 5.74) is 4.91. The van der Waals surface area contributed by atoms with Gasteiger partial charge in [-0.25, -0.2) is 4.79 Å². The molecule has 3 aromatic carbocycles. The lowest BCUT2D eigenvalue weighted by Gasteiger charge is -2.48. The molecule has 1 unspecified atom stereocenters. The number of carbonyl (C=O) groups excluding carboxylic acids is 1. The largest absolute Gasteiger partial charge is 0.465 e. The highest BCUT2D eigenvalue weighted by Crippen LogP contribution is 2.39. The van der Waals surface area contributed by atoms with Crippen LogP contribution in [0.25, 0.3) is 27.4 Å². The van der Waals surface area contributed by atoms with Crippen molar-refractivity contribution in [3.63, 3.8) is 0 Å². The Morgan fingerprint density at radius 3 is 2.50 bits per heavy atom. The van der Waals surface area contributed by atoms with E-state index in [9.17, 15) is 19.5 Å². The molecule has 4 heterocycles. The van der Waals surface area contributed by atoms with Crippen molar-refractivity contribution in [3.8, 4) is 11.1 Å². The first-order valence-corrected chi connectivity index (χ1v) is 14.5. The van der Waals surface area contributed by atoms with Gasteiger partial charge in [0, 0.05) is 24.2 Å². The molecule has 7 rings (SSSR count). The molecule has 2 bridgehead atoms. The Hall–Kier alpha value is -4.01. The van der Waals surface area contributed by atoms with Gasteiger partial charge >= 0.3 is 11.0 Å². The Balaban J connectivity index is 1.29. The number of benzene rings is 3. The summed E-state index contributed by atoms with van der Waals surface area (Å²) in [6.45, 7) is 3.38. The molecule has 1 N–H and O–H groups in total. The van der Waals surface area contributed by atoms with Crippen LogP contribution in [-0.4, -0.2) is 52.6 Å². The maximum absolute atomic E-state index is 12.8. The van der Waals surface area contributed by atoms with Crippen LogP contribution < -0.4 is 9.77 Å². The van der Waals surface area contributed by atoms with Crippen LogP contribution >= 0.6 is 11.3 Å². The second kappa shape index (κ2) is 11.2. The number of aryl methyl sites for hydroxylation is 1. The monoisotopic (exact) mass is 553 g/mol. The predicted octanol–water partition coefficient (Wildman–Crippen LogP) is 6.22. The molecule has 0 spiro atoms. The van der Waals surface area contributed by atoms with Crippen molar-refractivity contribution in [3.05, 3.63) is 93.6 Å². The number of allylic oxidation sites excluding steroid dienone is 1. The van der Waals surface area contributed by atoms with E-state index in [0.717, 1.165) is 77.0 Å². The molecule has 204 valence electrons. The second-order valence-corrected chi connectivity index (χ2v) is 11.5. The summed E-state index contributed by atoms with van der Waals surface area (Å²) in [5.74, 6) is 0.366. The average Bonchev–Trinajstić information content (AvgIpc) is 3.30. The molecule has 3 aliphatic heterocycles. The topological polar surface area (TPSA) is 82.8 Å². The second-order valence-electron chi connectivity index (χ2n) is 10.6. The Bertz CT molecular complexity index is 1630. The minimum Gasteiger partial charge on any atom is -0.465 e. The molecule has 3 fully saturated rings. The number of piperidine rings is 3. The number of fused-ring (bicyclic) bond motifs is 4. The van der Waals surface area contributed by atoms with E-state index in [4.69, 9.17) is 0 Å². The Kier molecular flexibility index (Phi) is 7.36. The average molecular weight is 554 g/mol. The van der Waals surface area contributed by atoms with Gasteiger partial charge < -0.3 is 10.0 Å². The van der Waals surface area contributed by atoms with Crippen molar-refractivity contribution in [1.29, 1.82) is 0 Å². The fourth-order valence-electron chi connectivity index (χ4n) is 6.15. The predicted molar refractivity (Wildman–Crippen MR) is 160 cm³/mol. The number of rotatable bonds is 8. The summed E-state index contributed by atoms with van der Waals surface area (Å²) in [5, 5.41) is 10.5. The standard InChI is InChI=1S/C32H31N3O4S/c36-21-23-10-12-27-30(19-23)40-32(39)34(27)15-5-4-6-22-9-11-26(24-7-2-1-3-8-24)28(18-22)35(31(37)38)29-20-33-16-13-25(29)14-17-33/h1-4,6-12,18-19,21,25,29H,5,13-17,20H2,(H,37,38). The van der Waals surface area contributed by atoms with Crippen LogP contribution in [0.5, 0.6) is 0 Å². The lowest BCUT2D eigenvalue weighted by molar-refractivity contribution is 0.0838. The lowest BCUT2D eigenvalue weighted by Crippen LogP contribution is -2.59. The fraction of sp³-hybridized carbons (Fsp3) is 0.281. The summed E-state index contributed by atoms with van der Waals surface area (Å²) in [7, 11) is 0. The number of carboxylic acid groups (broad SMARTS) is 1. The van der Waals surface area contributed by atoms with Gasteiger partial charge in [0.2, 0.25) is 0 Å². The number of hydrogen-bond acceptors (Lipinski definition) is 5. The zero-order valence-electron chi connectivity index (χ0n) is 22.1. The van der Waals surface area contributed by atoms with Gasteiger partial charge in [-0.3, -0.25) is 19.1 Å². The summed E-state index contributed by atoms with van der Waals surface area (Å²) < 4.78 is 2.55. The van der Waals surface area contributed by atoms with Crippen LogP contribution in [-0.2, 0) is 6.54 Å². The number of hydrogen-bond donors (Lipinski definition) is 1. The minimum atomic E-state index is -0.918. The molecule has 8 heteroatoms. The maximum Gasteiger partial charge on any atom is 0.412 e. The minimum absolute atomic E-state index is 0.0458. The molecule has 1 aromatic heterocycles. The number of carbonyl (C=O) groups is 2. The molecule has 7 nitrogen and oxygen atoms in total. The van der Waals surface area contributed by atoms with Crippen molar-refractivity contribution in [2.45, 2.75) is 31.8 Å². The molecule has 1 atom stereocenters. The van der Waals surface area contributed by atoms with Gasteiger partial charge in [-0.15, -0.1) is 0 Å². The van der Waals surface area contributed by atoms with E-state index in [-0.39, 0.29) is 10.9 Å². The van der Waals surface area contributed by atoms with Gasteiger partial charge in [0.15, 0.2) is 0 Å². The quantitative estimate of drug-likeness (QED) is 0.262. The third-order valence-electron chi connectivity index (χ3n) is 8.18. The smallest absolute Gasteiger partial charge is 0.412 e. The van der Waals surface area contributed by atoms with E-state index in [0.29, 0.717) is 30.1 Å². The molecular weight excluding hydrogens is 522 g/mol. The zero-order valence-corrected chi connectivity index (χ0v) is 22.9. The molecule has 1 amide bonds. The van der Waals surface area contributed by atoms with Crippen molar-refractivity contribution in [1.82, 2.24) is 9.47 Å². The van der Waals surface area contributed by atoms with Crippen LogP contribution in [0, 0.1) is 5.92 Å². The van der Waals surface area contributed by atoms with Gasteiger partial charge in [0.05, 0.1) is 21.9 Å². The van der Waals surface area contributed by atoms with Gasteiger partial charge in [0.1, 0.15) is 6.29 Å². The van der Waals surface area contributed by atoms with E-state index < -0.39 is 6.09 Å². The molecule has 40 heavy (non-hydrogen) atoms. The van der Waals surface area contributed by atoms with E-state index in [1.807, 2.05) is 66.7 Å². The highest BCUT2D eigenvalue weighted by atomic mass is 32.1. The Morgan fingerprint density at radius 2 is 1.80 bits per heavy atom. The molecule has 3 saturated heterocycles. The SMILES string of the molecule is O=Cc1ccc2c(c1)sc(=O)n2CCC=Cc1ccc(-c2ccccc2)c(N(C(=O)O)C2CN3CCC2CC3)c1. The third kappa shape index (κ3) is 5.12. The Morgan fingerprint density at radius 1 is 1.02 bits per heavy atom. The number of aldehydes is 1. The van der Waals surface area contributed by atoms with Crippen LogP contribution in [0.4, 0.5) is 10.5 Å². The highest BCUT2D eigenvalue weighted by molar-refractivity contribution is 7.16. The highest BCUT2D eigenvalue weighted by Gasteiger charge is 2.40. The first-order valence-electron chi connectivity index (χ1n) is 13.7. The van der Waals surface area contributed by atoms with Gasteiger partial charge in [-0.2, -0.15) is 0 Å². The molecule has 0 radical (unpaired) electrons. The normalized spacial score (nSPS) is 20.2. The van der Waals surface area contributed by atoms with E-state index in [1.54, 1.807) is 21.6 Å². The number of nitrogens with zero attached hydrogens (tertiary/aromatic N) is 3. The molecule has 0 saturated carbocycles. The van der Waals surface area contributed by atoms with Crippen molar-refractivity contribution >= 4 is 45.7 Å².